The molecule has 2 heteroatoms. The predicted octanol–water partition coefficient (Wildman–Crippen LogP) is 2.64. The third-order valence-corrected chi connectivity index (χ3v) is 2.66. The van der Waals surface area contributed by atoms with Gasteiger partial charge in [-0.05, 0) is 12.5 Å². The van der Waals surface area contributed by atoms with Crippen molar-refractivity contribution in [2.24, 2.45) is 5.92 Å². The van der Waals surface area contributed by atoms with Crippen LogP contribution in [0, 0.1) is 5.92 Å². The Morgan fingerprint density at radius 3 is 2.09 bits per heavy atom. The van der Waals surface area contributed by atoms with Crippen molar-refractivity contribution < 1.29 is 0 Å². The molecule has 0 aliphatic heterocycles. The van der Waals surface area contributed by atoms with Gasteiger partial charge in [0.25, 0.3) is 0 Å². The van der Waals surface area contributed by atoms with Crippen molar-refractivity contribution in [2.75, 3.05) is 13.1 Å². The quantitative estimate of drug-likeness (QED) is 0.616. The van der Waals surface area contributed by atoms with Crippen LogP contribution in [-0.2, 0) is 0 Å². The number of rotatable bonds is 6. The van der Waals surface area contributed by atoms with Crippen LogP contribution in [-0.4, -0.2) is 18.5 Å². The van der Waals surface area contributed by atoms with Crippen molar-refractivity contribution >= 4 is 11.6 Å². The lowest BCUT2D eigenvalue weighted by Gasteiger charge is -2.18. The van der Waals surface area contributed by atoms with Gasteiger partial charge in [-0.3, -0.25) is 0 Å². The molecule has 11 heavy (non-hydrogen) atoms. The molecule has 0 aromatic rings. The molecular weight excluding hydrogens is 158 g/mol. The summed E-state index contributed by atoms with van der Waals surface area (Å²) in [5.41, 5.74) is 0. The lowest BCUT2D eigenvalue weighted by atomic mass is 9.99. The Kier molecular flexibility index (Phi) is 7.09. The second-order valence-electron chi connectivity index (χ2n) is 2.90. The smallest absolute Gasteiger partial charge is 0.0488 e. The maximum absolute atomic E-state index is 6.16. The third kappa shape index (κ3) is 4.65. The van der Waals surface area contributed by atoms with Crippen LogP contribution in [0.5, 0.6) is 0 Å². The fourth-order valence-corrected chi connectivity index (χ4v) is 1.71. The van der Waals surface area contributed by atoms with E-state index in [2.05, 4.69) is 26.1 Å². The van der Waals surface area contributed by atoms with Gasteiger partial charge in [0, 0.05) is 11.9 Å². The summed E-state index contributed by atoms with van der Waals surface area (Å²) in [5.74, 6) is 0.677. The standard InChI is InChI=1S/C9H20ClN/c1-4-8(5-2)9(10)7-11-6-3/h8-9,11H,4-7H2,1-3H3. The minimum Gasteiger partial charge on any atom is -0.316 e. The van der Waals surface area contributed by atoms with Gasteiger partial charge in [0.15, 0.2) is 0 Å². The highest BCUT2D eigenvalue weighted by Gasteiger charge is 2.14. The SMILES string of the molecule is CCNCC(Cl)C(CC)CC. The van der Waals surface area contributed by atoms with Crippen LogP contribution in [0.4, 0.5) is 0 Å². The van der Waals surface area contributed by atoms with E-state index in [1.165, 1.54) is 12.8 Å². The van der Waals surface area contributed by atoms with Crippen LogP contribution in [0.15, 0.2) is 0 Å². The zero-order chi connectivity index (χ0) is 8.69. The van der Waals surface area contributed by atoms with Crippen molar-refractivity contribution in [3.05, 3.63) is 0 Å². The predicted molar refractivity (Wildman–Crippen MR) is 52.3 cm³/mol. The van der Waals surface area contributed by atoms with E-state index in [9.17, 15) is 0 Å². The zero-order valence-electron chi connectivity index (χ0n) is 7.86. The molecule has 1 N–H and O–H groups in total. The fraction of sp³-hybridized carbons (Fsp3) is 1.00. The van der Waals surface area contributed by atoms with Crippen molar-refractivity contribution in [2.45, 2.75) is 39.0 Å². The van der Waals surface area contributed by atoms with Gasteiger partial charge >= 0.3 is 0 Å². The average Bonchev–Trinajstić information content (AvgIpc) is 2.03. The highest BCUT2D eigenvalue weighted by molar-refractivity contribution is 6.21. The number of hydrogen-bond donors (Lipinski definition) is 1. The van der Waals surface area contributed by atoms with Crippen molar-refractivity contribution in [3.8, 4) is 0 Å². The van der Waals surface area contributed by atoms with E-state index in [1.54, 1.807) is 0 Å². The fourth-order valence-electron chi connectivity index (χ4n) is 1.25. The summed E-state index contributed by atoms with van der Waals surface area (Å²) in [4.78, 5) is 0. The number of alkyl halides is 1. The molecule has 0 bridgehead atoms. The second-order valence-corrected chi connectivity index (χ2v) is 3.46. The van der Waals surface area contributed by atoms with E-state index in [1.807, 2.05) is 0 Å². The molecule has 0 rings (SSSR count). The molecule has 0 aliphatic carbocycles. The highest BCUT2D eigenvalue weighted by atomic mass is 35.5. The van der Waals surface area contributed by atoms with Gasteiger partial charge in [-0.2, -0.15) is 0 Å². The molecule has 0 amide bonds. The van der Waals surface area contributed by atoms with E-state index in [4.69, 9.17) is 11.6 Å². The summed E-state index contributed by atoms with van der Waals surface area (Å²) >= 11 is 6.16. The van der Waals surface area contributed by atoms with Crippen LogP contribution in [0.3, 0.4) is 0 Å². The monoisotopic (exact) mass is 177 g/mol. The zero-order valence-corrected chi connectivity index (χ0v) is 8.62. The Bertz CT molecular complexity index is 81.6. The van der Waals surface area contributed by atoms with Gasteiger partial charge in [0.1, 0.15) is 0 Å². The molecule has 1 nitrogen and oxygen atoms in total. The van der Waals surface area contributed by atoms with Crippen LogP contribution in [0.1, 0.15) is 33.6 Å². The van der Waals surface area contributed by atoms with Crippen molar-refractivity contribution in [3.63, 3.8) is 0 Å². The summed E-state index contributed by atoms with van der Waals surface area (Å²) in [6, 6.07) is 0. The molecule has 0 radical (unpaired) electrons. The van der Waals surface area contributed by atoms with Gasteiger partial charge in [0.05, 0.1) is 0 Å². The summed E-state index contributed by atoms with van der Waals surface area (Å²) in [5, 5.41) is 3.58. The van der Waals surface area contributed by atoms with Gasteiger partial charge in [-0.25, -0.2) is 0 Å². The first-order chi connectivity index (χ1) is 5.26. The van der Waals surface area contributed by atoms with Gasteiger partial charge in [-0.15, -0.1) is 11.6 Å². The molecule has 0 heterocycles. The Morgan fingerprint density at radius 1 is 1.18 bits per heavy atom. The Balaban J connectivity index is 3.51. The summed E-state index contributed by atoms with van der Waals surface area (Å²) in [6.45, 7) is 8.48. The first kappa shape index (κ1) is 11.2. The summed E-state index contributed by atoms with van der Waals surface area (Å²) in [6.07, 6.45) is 2.38. The minimum absolute atomic E-state index is 0.310. The van der Waals surface area contributed by atoms with Gasteiger partial charge in [-0.1, -0.05) is 33.6 Å². The Morgan fingerprint density at radius 2 is 1.73 bits per heavy atom. The van der Waals surface area contributed by atoms with Crippen LogP contribution >= 0.6 is 11.6 Å². The van der Waals surface area contributed by atoms with Gasteiger partial charge < -0.3 is 5.32 Å². The molecule has 68 valence electrons. The molecule has 0 spiro atoms. The number of halogens is 1. The van der Waals surface area contributed by atoms with E-state index in [0.717, 1.165) is 13.1 Å². The maximum atomic E-state index is 6.16. The molecular formula is C9H20ClN. The normalized spacial score (nSPS) is 13.9. The number of hydrogen-bond acceptors (Lipinski definition) is 1. The Labute approximate surface area is 75.5 Å². The van der Waals surface area contributed by atoms with Gasteiger partial charge in [0.2, 0.25) is 0 Å². The number of nitrogens with one attached hydrogen (secondary N) is 1. The minimum atomic E-state index is 0.310. The van der Waals surface area contributed by atoms with E-state index in [-0.39, 0.29) is 0 Å². The average molecular weight is 178 g/mol. The molecule has 0 fully saturated rings. The topological polar surface area (TPSA) is 12.0 Å². The Hall–Kier alpha value is 0.250. The lowest BCUT2D eigenvalue weighted by molar-refractivity contribution is 0.449. The van der Waals surface area contributed by atoms with Crippen LogP contribution in [0.2, 0.25) is 0 Å². The maximum Gasteiger partial charge on any atom is 0.0488 e. The largest absolute Gasteiger partial charge is 0.316 e. The molecule has 1 atom stereocenters. The molecule has 0 aromatic carbocycles. The highest BCUT2D eigenvalue weighted by Crippen LogP contribution is 2.17. The third-order valence-electron chi connectivity index (χ3n) is 2.15. The van der Waals surface area contributed by atoms with E-state index in [0.29, 0.717) is 11.3 Å². The van der Waals surface area contributed by atoms with E-state index >= 15 is 0 Å². The van der Waals surface area contributed by atoms with E-state index < -0.39 is 0 Å². The molecule has 0 saturated carbocycles. The summed E-state index contributed by atoms with van der Waals surface area (Å²) < 4.78 is 0. The summed E-state index contributed by atoms with van der Waals surface area (Å²) in [7, 11) is 0. The molecule has 0 aliphatic rings. The van der Waals surface area contributed by atoms with Crippen molar-refractivity contribution in [1.29, 1.82) is 0 Å². The molecule has 0 saturated heterocycles. The lowest BCUT2D eigenvalue weighted by Crippen LogP contribution is -2.28. The van der Waals surface area contributed by atoms with Crippen molar-refractivity contribution in [1.82, 2.24) is 5.32 Å². The van der Waals surface area contributed by atoms with Crippen LogP contribution in [0.25, 0.3) is 0 Å². The second kappa shape index (κ2) is 6.93. The first-order valence-corrected chi connectivity index (χ1v) is 5.04. The molecule has 0 aromatic heterocycles. The molecule has 1 unspecified atom stereocenters. The van der Waals surface area contributed by atoms with Crippen LogP contribution < -0.4 is 5.32 Å². The first-order valence-electron chi connectivity index (χ1n) is 4.60.